The van der Waals surface area contributed by atoms with Crippen LogP contribution in [0.4, 0.5) is 0 Å². The molecule has 5 rings (SSSR count). The van der Waals surface area contributed by atoms with Crippen molar-refractivity contribution < 1.29 is 43.2 Å². The van der Waals surface area contributed by atoms with Gasteiger partial charge in [-0.1, -0.05) is 76.5 Å². The Balaban J connectivity index is 1.03. The number of ether oxygens (including phenoxy) is 5. The van der Waals surface area contributed by atoms with E-state index in [1.807, 2.05) is 19.2 Å². The van der Waals surface area contributed by atoms with E-state index in [-0.39, 0.29) is 24.6 Å². The number of nitrogens with zero attached hydrogens (tertiary/aromatic N) is 1. The van der Waals surface area contributed by atoms with Gasteiger partial charge in [0, 0.05) is 24.4 Å². The van der Waals surface area contributed by atoms with Gasteiger partial charge in [-0.3, -0.25) is 4.79 Å². The number of carbonyl (C=O) groups is 3. The molecule has 10 nitrogen and oxygen atoms in total. The maximum absolute atomic E-state index is 13.3. The highest BCUT2D eigenvalue weighted by Crippen LogP contribution is 2.65. The molecule has 0 radical (unpaired) electrons. The molecule has 4 aliphatic rings. The van der Waals surface area contributed by atoms with Gasteiger partial charge in [0.15, 0.2) is 29.8 Å². The molecule has 0 saturated carbocycles. The number of hydrogen-bond donors (Lipinski definition) is 1. The molecular formula is C42H61NO9. The number of likely N-dealkylation sites (tertiary alicyclic amines) is 1. The predicted molar refractivity (Wildman–Crippen MR) is 198 cm³/mol. The Morgan fingerprint density at radius 3 is 2.29 bits per heavy atom. The highest BCUT2D eigenvalue weighted by Gasteiger charge is 2.72. The topological polar surface area (TPSA) is 121 Å². The standard InChI is InChI=1S/C42H61NO9/c1-6-7-8-9-10-11-12-13-14-15-16-17-18-19-20-21-35(44)49-29(2)39(45)50-30(3)40(46)51-33-24-25-42(47)34-28-31-22-23-32(48-5)37-36(31)41(42,38(33)52-37)26-27-43(34)4/h13-14,22-24,29-30,34,38,47H,6-12,15-21,25-28H2,1-5H3/b14-13-/t29?,30?,34-,38+,41+,42-/m1/s1. The number of methoxy groups -OCH3 is 1. The molecule has 2 unspecified atom stereocenters. The summed E-state index contributed by atoms with van der Waals surface area (Å²) < 4.78 is 28.8. The lowest BCUT2D eigenvalue weighted by Gasteiger charge is -2.61. The molecule has 1 fully saturated rings. The largest absolute Gasteiger partial charge is 0.493 e. The van der Waals surface area contributed by atoms with E-state index in [4.69, 9.17) is 23.7 Å². The van der Waals surface area contributed by atoms with E-state index in [1.165, 1.54) is 58.8 Å². The first-order valence-electron chi connectivity index (χ1n) is 19.8. The number of hydrogen-bond acceptors (Lipinski definition) is 10. The van der Waals surface area contributed by atoms with E-state index in [9.17, 15) is 19.5 Å². The van der Waals surface area contributed by atoms with Crippen LogP contribution in [0, 0.1) is 0 Å². The van der Waals surface area contributed by atoms with Gasteiger partial charge >= 0.3 is 17.9 Å². The van der Waals surface area contributed by atoms with E-state index < -0.39 is 47.2 Å². The second kappa shape index (κ2) is 18.1. The van der Waals surface area contributed by atoms with Gasteiger partial charge in [-0.25, -0.2) is 9.59 Å². The molecule has 1 saturated heterocycles. The zero-order valence-corrected chi connectivity index (χ0v) is 32.1. The molecule has 2 aliphatic heterocycles. The molecule has 0 aromatic heterocycles. The summed E-state index contributed by atoms with van der Waals surface area (Å²) in [6, 6.07) is 3.79. The van der Waals surface area contributed by atoms with Gasteiger partial charge in [0.2, 0.25) is 0 Å². The Kier molecular flexibility index (Phi) is 13.9. The molecule has 2 bridgehead atoms. The number of unbranched alkanes of at least 4 members (excludes halogenated alkanes) is 11. The summed E-state index contributed by atoms with van der Waals surface area (Å²) in [5.41, 5.74) is 0.0723. The van der Waals surface area contributed by atoms with Crippen molar-refractivity contribution in [2.75, 3.05) is 20.7 Å². The number of carbonyl (C=O) groups excluding carboxylic acids is 3. The van der Waals surface area contributed by atoms with Crippen molar-refractivity contribution in [1.29, 1.82) is 0 Å². The second-order valence-corrected chi connectivity index (χ2v) is 15.3. The zero-order chi connectivity index (χ0) is 37.3. The molecule has 1 spiro atoms. The van der Waals surface area contributed by atoms with Crippen molar-refractivity contribution >= 4 is 17.9 Å². The van der Waals surface area contributed by atoms with Crippen LogP contribution in [0.25, 0.3) is 0 Å². The summed E-state index contributed by atoms with van der Waals surface area (Å²) in [7, 11) is 3.61. The number of esters is 3. The highest BCUT2D eigenvalue weighted by molar-refractivity contribution is 5.83. The molecule has 6 atom stereocenters. The maximum atomic E-state index is 13.3. The van der Waals surface area contributed by atoms with Crippen molar-refractivity contribution in [2.45, 2.75) is 165 Å². The summed E-state index contributed by atoms with van der Waals surface area (Å²) >= 11 is 0. The van der Waals surface area contributed by atoms with Crippen LogP contribution in [0.15, 0.2) is 36.1 Å². The van der Waals surface area contributed by atoms with Gasteiger partial charge in [-0.2, -0.15) is 0 Å². The number of benzene rings is 1. The van der Waals surface area contributed by atoms with Gasteiger partial charge < -0.3 is 33.7 Å². The lowest BCUT2D eigenvalue weighted by Crippen LogP contribution is -2.74. The Labute approximate surface area is 310 Å². The monoisotopic (exact) mass is 723 g/mol. The summed E-state index contributed by atoms with van der Waals surface area (Å²) in [5, 5.41) is 12.4. The van der Waals surface area contributed by atoms with E-state index in [0.29, 0.717) is 30.8 Å². The molecule has 2 heterocycles. The number of aliphatic hydroxyl groups is 1. The van der Waals surface area contributed by atoms with Crippen molar-refractivity contribution in [3.8, 4) is 11.5 Å². The summed E-state index contributed by atoms with van der Waals surface area (Å²) in [4.78, 5) is 40.7. The Morgan fingerprint density at radius 1 is 0.942 bits per heavy atom. The van der Waals surface area contributed by atoms with Crippen molar-refractivity contribution in [3.05, 3.63) is 47.2 Å². The van der Waals surface area contributed by atoms with Gasteiger partial charge in [0.25, 0.3) is 0 Å². The quantitative estimate of drug-likeness (QED) is 0.0594. The highest BCUT2D eigenvalue weighted by atomic mass is 16.6. The first kappa shape index (κ1) is 39.8. The predicted octanol–water partition coefficient (Wildman–Crippen LogP) is 7.42. The van der Waals surface area contributed by atoms with E-state index >= 15 is 0 Å². The first-order chi connectivity index (χ1) is 25.1. The van der Waals surface area contributed by atoms with Crippen LogP contribution in [0.1, 0.15) is 135 Å². The third kappa shape index (κ3) is 8.38. The number of piperidine rings is 1. The fourth-order valence-electron chi connectivity index (χ4n) is 8.75. The SMILES string of the molecule is CCCCCCCC/C=C\CCCCCCCC(=O)OC(C)C(=O)OC(C)C(=O)OC1=CC[C@@]2(O)[C@H]3Cc4ccc(OC)c5c4[C@@]2(CCN3C)[C@H]1O5. The minimum atomic E-state index is -1.26. The number of rotatable bonds is 21. The fraction of sp³-hybridized carbons (Fsp3) is 0.690. The first-order valence-corrected chi connectivity index (χ1v) is 19.8. The second-order valence-electron chi connectivity index (χ2n) is 15.3. The molecule has 1 N–H and O–H groups in total. The Hall–Kier alpha value is -3.37. The van der Waals surface area contributed by atoms with E-state index in [2.05, 4.69) is 24.0 Å². The Morgan fingerprint density at radius 2 is 1.60 bits per heavy atom. The third-order valence-corrected chi connectivity index (χ3v) is 11.7. The van der Waals surface area contributed by atoms with Crippen molar-refractivity contribution in [1.82, 2.24) is 4.90 Å². The number of allylic oxidation sites excluding steroid dienone is 2. The van der Waals surface area contributed by atoms with E-state index in [1.54, 1.807) is 13.2 Å². The smallest absolute Gasteiger partial charge is 0.352 e. The molecule has 0 amide bonds. The van der Waals surface area contributed by atoms with Gasteiger partial charge in [0.1, 0.15) is 5.76 Å². The minimum absolute atomic E-state index is 0.131. The van der Waals surface area contributed by atoms with Crippen molar-refractivity contribution in [3.63, 3.8) is 0 Å². The van der Waals surface area contributed by atoms with Crippen LogP contribution < -0.4 is 9.47 Å². The van der Waals surface area contributed by atoms with Crippen LogP contribution in [0.5, 0.6) is 11.5 Å². The van der Waals surface area contributed by atoms with Crippen LogP contribution in [-0.4, -0.2) is 78.6 Å². The molecule has 10 heteroatoms. The lowest BCUT2D eigenvalue weighted by molar-refractivity contribution is -0.180. The molecular weight excluding hydrogens is 662 g/mol. The summed E-state index contributed by atoms with van der Waals surface area (Å²) in [6.07, 6.45) is 20.1. The fourth-order valence-corrected chi connectivity index (χ4v) is 8.75. The average Bonchev–Trinajstić information content (AvgIpc) is 3.48. The summed E-state index contributed by atoms with van der Waals surface area (Å²) in [5.74, 6) is -0.639. The van der Waals surface area contributed by atoms with Gasteiger partial charge in [-0.05, 0) is 90.1 Å². The van der Waals surface area contributed by atoms with Crippen LogP contribution in [-0.2, 0) is 40.4 Å². The Bertz CT molecular complexity index is 1470. The summed E-state index contributed by atoms with van der Waals surface area (Å²) in [6.45, 7) is 5.86. The lowest BCUT2D eigenvalue weighted by atomic mass is 9.50. The van der Waals surface area contributed by atoms with Crippen LogP contribution in [0.2, 0.25) is 0 Å². The van der Waals surface area contributed by atoms with Gasteiger partial charge in [0.05, 0.1) is 18.1 Å². The van der Waals surface area contributed by atoms with E-state index in [0.717, 1.165) is 49.8 Å². The molecule has 2 aliphatic carbocycles. The van der Waals surface area contributed by atoms with Crippen LogP contribution in [0.3, 0.4) is 0 Å². The normalized spacial score (nSPS) is 25.5. The van der Waals surface area contributed by atoms with Crippen molar-refractivity contribution in [2.24, 2.45) is 0 Å². The molecule has 288 valence electrons. The van der Waals surface area contributed by atoms with Crippen LogP contribution >= 0.6 is 0 Å². The third-order valence-electron chi connectivity index (χ3n) is 11.7. The zero-order valence-electron chi connectivity index (χ0n) is 32.1. The van der Waals surface area contributed by atoms with Gasteiger partial charge in [-0.15, -0.1) is 0 Å². The maximum Gasteiger partial charge on any atom is 0.352 e. The molecule has 52 heavy (non-hydrogen) atoms. The number of likely N-dealkylation sites (N-methyl/N-ethyl adjacent to an activating group) is 1. The minimum Gasteiger partial charge on any atom is -0.493 e. The average molecular weight is 724 g/mol. The molecule has 1 aromatic rings. The molecule has 1 aromatic carbocycles.